The summed E-state index contributed by atoms with van der Waals surface area (Å²) < 4.78 is 6.83. The average Bonchev–Trinajstić information content (AvgIpc) is 3.44. The van der Waals surface area contributed by atoms with Crippen LogP contribution < -0.4 is 15.8 Å². The molecule has 1 saturated heterocycles. The Bertz CT molecular complexity index is 1030. The van der Waals surface area contributed by atoms with Crippen molar-refractivity contribution in [2.45, 2.75) is 82.4 Å². The second kappa shape index (κ2) is 9.05. The quantitative estimate of drug-likeness (QED) is 0.729. The van der Waals surface area contributed by atoms with Crippen LogP contribution in [0.15, 0.2) is 21.5 Å². The van der Waals surface area contributed by atoms with E-state index in [1.54, 1.807) is 12.1 Å². The fraction of sp³-hybridized carbons (Fsp3) is 0.652. The highest BCUT2D eigenvalue weighted by Gasteiger charge is 2.31. The van der Waals surface area contributed by atoms with Gasteiger partial charge in [0.15, 0.2) is 0 Å². The van der Waals surface area contributed by atoms with Crippen molar-refractivity contribution >= 4 is 11.7 Å². The number of nitrogens with zero attached hydrogens (tertiary/aromatic N) is 4. The number of rotatable bonds is 5. The van der Waals surface area contributed by atoms with Crippen molar-refractivity contribution < 1.29 is 14.4 Å². The van der Waals surface area contributed by atoms with Gasteiger partial charge in [-0.1, -0.05) is 5.16 Å². The lowest BCUT2D eigenvalue weighted by Gasteiger charge is -2.37. The van der Waals surface area contributed by atoms with Crippen LogP contribution >= 0.6 is 0 Å². The summed E-state index contributed by atoms with van der Waals surface area (Å²) in [6.45, 7) is 1.29. The Balaban J connectivity index is 1.31. The molecular formula is C23H31N5O4. The second-order valence-electron chi connectivity index (χ2n) is 9.24. The third-order valence-corrected chi connectivity index (χ3v) is 7.15. The summed E-state index contributed by atoms with van der Waals surface area (Å²) in [4.78, 5) is 27.4. The van der Waals surface area contributed by atoms with Crippen molar-refractivity contribution in [2.24, 2.45) is 0 Å². The molecule has 2 aromatic rings. The van der Waals surface area contributed by atoms with E-state index in [2.05, 4.69) is 20.5 Å². The summed E-state index contributed by atoms with van der Waals surface area (Å²) in [7, 11) is 0. The predicted molar refractivity (Wildman–Crippen MR) is 118 cm³/mol. The van der Waals surface area contributed by atoms with Crippen molar-refractivity contribution in [3.05, 3.63) is 39.5 Å². The number of carbonyl (C=O) groups is 1. The SMILES string of the molecule is O=C(NCC1CCCCN1c1ccc(=O)n(C2CCCC2O)n1)c1onc2c1CCCC2. The summed E-state index contributed by atoms with van der Waals surface area (Å²) >= 11 is 0. The summed E-state index contributed by atoms with van der Waals surface area (Å²) in [5.41, 5.74) is 1.69. The van der Waals surface area contributed by atoms with Crippen LogP contribution in [0.5, 0.6) is 0 Å². The Morgan fingerprint density at radius 2 is 2.00 bits per heavy atom. The van der Waals surface area contributed by atoms with Gasteiger partial charge in [0, 0.05) is 30.8 Å². The fourth-order valence-corrected chi connectivity index (χ4v) is 5.39. The first-order chi connectivity index (χ1) is 15.6. The zero-order chi connectivity index (χ0) is 22.1. The maximum Gasteiger partial charge on any atom is 0.290 e. The van der Waals surface area contributed by atoms with Gasteiger partial charge in [0.25, 0.3) is 11.5 Å². The van der Waals surface area contributed by atoms with E-state index >= 15 is 0 Å². The molecule has 9 heteroatoms. The fourth-order valence-electron chi connectivity index (χ4n) is 5.39. The highest BCUT2D eigenvalue weighted by Crippen LogP contribution is 2.30. The van der Waals surface area contributed by atoms with Crippen LogP contribution in [0.4, 0.5) is 5.82 Å². The van der Waals surface area contributed by atoms with Crippen molar-refractivity contribution in [3.8, 4) is 0 Å². The normalized spacial score (nSPS) is 25.5. The van der Waals surface area contributed by atoms with Crippen LogP contribution in [-0.2, 0) is 12.8 Å². The van der Waals surface area contributed by atoms with Gasteiger partial charge in [0.2, 0.25) is 5.76 Å². The molecule has 32 heavy (non-hydrogen) atoms. The number of anilines is 1. The minimum Gasteiger partial charge on any atom is -0.391 e. The van der Waals surface area contributed by atoms with Crippen molar-refractivity contribution in [1.82, 2.24) is 20.3 Å². The van der Waals surface area contributed by atoms with E-state index in [0.717, 1.165) is 81.4 Å². The third kappa shape index (κ3) is 4.05. The van der Waals surface area contributed by atoms with E-state index < -0.39 is 6.10 Å². The second-order valence-corrected chi connectivity index (χ2v) is 9.24. The minimum absolute atomic E-state index is 0.0819. The molecule has 0 spiro atoms. The Kier molecular flexibility index (Phi) is 5.99. The number of aliphatic hydroxyl groups is 1. The molecule has 0 bridgehead atoms. The molecule has 1 saturated carbocycles. The molecule has 0 aromatic carbocycles. The number of hydrogen-bond acceptors (Lipinski definition) is 7. The maximum absolute atomic E-state index is 12.8. The van der Waals surface area contributed by atoms with Gasteiger partial charge in [-0.2, -0.15) is 5.10 Å². The van der Waals surface area contributed by atoms with Crippen LogP contribution in [0.2, 0.25) is 0 Å². The maximum atomic E-state index is 12.8. The Morgan fingerprint density at radius 3 is 2.84 bits per heavy atom. The van der Waals surface area contributed by atoms with Crippen LogP contribution in [-0.4, -0.2) is 51.2 Å². The number of aryl methyl sites for hydroxylation is 1. The topological polar surface area (TPSA) is 113 Å². The standard InChI is InChI=1S/C23H31N5O4/c29-19-10-5-9-18(19)28-21(30)12-11-20(25-28)27-13-4-3-6-15(27)14-24-23(31)22-16-7-1-2-8-17(16)26-32-22/h11-12,15,18-19,29H,1-10,13-14H2,(H,24,31). The third-order valence-electron chi connectivity index (χ3n) is 7.15. The molecule has 3 atom stereocenters. The Morgan fingerprint density at radius 1 is 1.12 bits per heavy atom. The van der Waals surface area contributed by atoms with Gasteiger partial charge in [-0.3, -0.25) is 9.59 Å². The monoisotopic (exact) mass is 441 g/mol. The van der Waals surface area contributed by atoms with Gasteiger partial charge in [0.1, 0.15) is 5.82 Å². The lowest BCUT2D eigenvalue weighted by molar-refractivity contribution is 0.0911. The van der Waals surface area contributed by atoms with E-state index in [1.807, 2.05) is 0 Å². The van der Waals surface area contributed by atoms with E-state index in [0.29, 0.717) is 18.7 Å². The number of hydrogen-bond donors (Lipinski definition) is 2. The van der Waals surface area contributed by atoms with Gasteiger partial charge >= 0.3 is 0 Å². The number of carbonyl (C=O) groups excluding carboxylic acids is 1. The molecule has 1 aliphatic heterocycles. The number of aliphatic hydroxyl groups excluding tert-OH is 1. The largest absolute Gasteiger partial charge is 0.391 e. The summed E-state index contributed by atoms with van der Waals surface area (Å²) in [6, 6.07) is 3.12. The first kappa shape index (κ1) is 21.2. The zero-order valence-electron chi connectivity index (χ0n) is 18.3. The van der Waals surface area contributed by atoms with E-state index in [4.69, 9.17) is 4.52 Å². The molecule has 3 unspecified atom stereocenters. The molecular weight excluding hydrogens is 410 g/mol. The highest BCUT2D eigenvalue weighted by atomic mass is 16.5. The smallest absolute Gasteiger partial charge is 0.290 e. The molecule has 172 valence electrons. The van der Waals surface area contributed by atoms with E-state index in [9.17, 15) is 14.7 Å². The molecule has 3 aliphatic rings. The van der Waals surface area contributed by atoms with Crippen molar-refractivity contribution in [3.63, 3.8) is 0 Å². The lowest BCUT2D eigenvalue weighted by Crippen LogP contribution is -2.48. The Hall–Kier alpha value is -2.68. The lowest BCUT2D eigenvalue weighted by atomic mass is 9.96. The van der Waals surface area contributed by atoms with Gasteiger partial charge < -0.3 is 19.8 Å². The number of amides is 1. The van der Waals surface area contributed by atoms with Gasteiger partial charge in [0.05, 0.1) is 17.8 Å². The molecule has 1 amide bonds. The molecule has 5 rings (SSSR count). The summed E-state index contributed by atoms with van der Waals surface area (Å²) in [6.07, 6.45) is 8.74. The molecule has 2 fully saturated rings. The number of fused-ring (bicyclic) bond motifs is 1. The van der Waals surface area contributed by atoms with Crippen LogP contribution in [0.3, 0.4) is 0 Å². The van der Waals surface area contributed by atoms with Gasteiger partial charge in [-0.15, -0.1) is 0 Å². The number of aromatic nitrogens is 3. The molecule has 3 heterocycles. The number of piperidine rings is 1. The van der Waals surface area contributed by atoms with Gasteiger partial charge in [-0.05, 0) is 70.3 Å². The zero-order valence-corrected chi connectivity index (χ0v) is 18.3. The van der Waals surface area contributed by atoms with E-state index in [1.165, 1.54) is 4.68 Å². The summed E-state index contributed by atoms with van der Waals surface area (Å²) in [5, 5.41) is 22.0. The highest BCUT2D eigenvalue weighted by molar-refractivity contribution is 5.93. The molecule has 9 nitrogen and oxygen atoms in total. The van der Waals surface area contributed by atoms with Gasteiger partial charge in [-0.25, -0.2) is 4.68 Å². The molecule has 2 aromatic heterocycles. The van der Waals surface area contributed by atoms with Crippen molar-refractivity contribution in [1.29, 1.82) is 0 Å². The Labute approximate surface area is 186 Å². The number of nitrogens with one attached hydrogen (secondary N) is 1. The van der Waals surface area contributed by atoms with Crippen molar-refractivity contribution in [2.75, 3.05) is 18.0 Å². The minimum atomic E-state index is -0.528. The first-order valence-electron chi connectivity index (χ1n) is 11.9. The van der Waals surface area contributed by atoms with Crippen LogP contribution in [0, 0.1) is 0 Å². The first-order valence-corrected chi connectivity index (χ1v) is 11.9. The van der Waals surface area contributed by atoms with Crippen LogP contribution in [0.25, 0.3) is 0 Å². The average molecular weight is 442 g/mol. The molecule has 2 aliphatic carbocycles. The molecule has 0 radical (unpaired) electrons. The summed E-state index contributed by atoms with van der Waals surface area (Å²) in [5.74, 6) is 0.863. The van der Waals surface area contributed by atoms with E-state index in [-0.39, 0.29) is 23.6 Å². The molecule has 2 N–H and O–H groups in total. The van der Waals surface area contributed by atoms with Crippen LogP contribution in [0.1, 0.15) is 79.2 Å². The predicted octanol–water partition coefficient (Wildman–Crippen LogP) is 1.98.